The molecule has 0 amide bonds. The number of thioether (sulfide) groups is 1. The number of rotatable bonds is 4. The van der Waals surface area contributed by atoms with Crippen LogP contribution in [-0.2, 0) is 9.94 Å². The van der Waals surface area contributed by atoms with E-state index < -0.39 is 0 Å². The summed E-state index contributed by atoms with van der Waals surface area (Å²) in [4.78, 5) is 22.7. The lowest BCUT2D eigenvalue weighted by Crippen LogP contribution is -2.04. The van der Waals surface area contributed by atoms with Gasteiger partial charge in [-0.25, -0.2) is 0 Å². The fourth-order valence-corrected chi connectivity index (χ4v) is 1.87. The highest BCUT2D eigenvalue weighted by atomic mass is 32.2. The molecule has 0 saturated carbocycles. The second-order valence-corrected chi connectivity index (χ2v) is 4.46. The van der Waals surface area contributed by atoms with Gasteiger partial charge < -0.3 is 14.7 Å². The molecule has 0 aliphatic rings. The number of methoxy groups -OCH3 is 1. The van der Waals surface area contributed by atoms with Gasteiger partial charge in [0.2, 0.25) is 5.95 Å². The van der Waals surface area contributed by atoms with Gasteiger partial charge in [-0.1, -0.05) is 11.8 Å². The van der Waals surface area contributed by atoms with Crippen molar-refractivity contribution in [3.63, 3.8) is 0 Å². The van der Waals surface area contributed by atoms with Gasteiger partial charge in [-0.15, -0.1) is 0 Å². The molecule has 0 unspecified atom stereocenters. The van der Waals surface area contributed by atoms with Crippen molar-refractivity contribution in [1.29, 1.82) is 0 Å². The number of anilines is 1. The van der Waals surface area contributed by atoms with E-state index in [2.05, 4.69) is 19.1 Å². The van der Waals surface area contributed by atoms with E-state index in [0.717, 1.165) is 23.8 Å². The van der Waals surface area contributed by atoms with Crippen molar-refractivity contribution in [3.05, 3.63) is 5.82 Å². The molecule has 1 rings (SSSR count). The number of hydrogen-bond acceptors (Lipinski definition) is 9. The SMILES string of the molecule is COSC(=O)SCc1nc(N)nc(OC)n1. The van der Waals surface area contributed by atoms with Crippen molar-refractivity contribution in [2.45, 2.75) is 5.75 Å². The van der Waals surface area contributed by atoms with Crippen LogP contribution in [0.15, 0.2) is 0 Å². The Kier molecular flexibility index (Phi) is 5.29. The molecule has 0 spiro atoms. The fraction of sp³-hybridized carbons (Fsp3) is 0.429. The van der Waals surface area contributed by atoms with Crippen LogP contribution in [0.5, 0.6) is 6.01 Å². The monoisotopic (exact) mass is 262 g/mol. The van der Waals surface area contributed by atoms with Crippen molar-refractivity contribution in [2.24, 2.45) is 0 Å². The second kappa shape index (κ2) is 6.51. The number of aromatic nitrogens is 3. The van der Waals surface area contributed by atoms with Gasteiger partial charge in [0.05, 0.1) is 32.0 Å². The molecular formula is C7H10N4O3S2. The van der Waals surface area contributed by atoms with Crippen LogP contribution in [0.25, 0.3) is 0 Å². The molecule has 0 aliphatic carbocycles. The lowest BCUT2D eigenvalue weighted by molar-refractivity contribution is 0.275. The average Bonchev–Trinajstić information content (AvgIpc) is 2.26. The van der Waals surface area contributed by atoms with Gasteiger partial charge in [-0.05, 0) is 0 Å². The Labute approximate surface area is 101 Å². The van der Waals surface area contributed by atoms with Crippen molar-refractivity contribution in [3.8, 4) is 6.01 Å². The van der Waals surface area contributed by atoms with Crippen LogP contribution in [0, 0.1) is 0 Å². The van der Waals surface area contributed by atoms with E-state index in [1.54, 1.807) is 0 Å². The van der Waals surface area contributed by atoms with E-state index in [9.17, 15) is 4.79 Å². The molecule has 0 fully saturated rings. The highest BCUT2D eigenvalue weighted by molar-refractivity contribution is 8.36. The third-order valence-electron chi connectivity index (χ3n) is 1.33. The van der Waals surface area contributed by atoms with Crippen LogP contribution in [0.4, 0.5) is 10.7 Å². The molecular weight excluding hydrogens is 252 g/mol. The van der Waals surface area contributed by atoms with E-state index in [-0.39, 0.29) is 22.2 Å². The van der Waals surface area contributed by atoms with E-state index in [1.807, 2.05) is 0 Å². The summed E-state index contributed by atoms with van der Waals surface area (Å²) < 4.78 is 9.25. The lowest BCUT2D eigenvalue weighted by Gasteiger charge is -2.02. The molecule has 9 heteroatoms. The van der Waals surface area contributed by atoms with E-state index in [0.29, 0.717) is 5.82 Å². The zero-order valence-electron chi connectivity index (χ0n) is 8.67. The van der Waals surface area contributed by atoms with Crippen LogP contribution >= 0.6 is 23.8 Å². The molecule has 1 heterocycles. The standard InChI is InChI=1S/C7H10N4O3S2/c1-13-6-10-4(9-5(8)11-6)3-15-7(12)16-14-2/h3H2,1-2H3,(H2,8,9,10,11). The van der Waals surface area contributed by atoms with Crippen LogP contribution in [0.3, 0.4) is 0 Å². The van der Waals surface area contributed by atoms with Gasteiger partial charge in [0.15, 0.2) is 0 Å². The first-order chi connectivity index (χ1) is 7.65. The Hall–Kier alpha value is -1.06. The topological polar surface area (TPSA) is 100 Å². The highest BCUT2D eigenvalue weighted by Crippen LogP contribution is 2.20. The summed E-state index contributed by atoms with van der Waals surface area (Å²) in [5.41, 5.74) is 5.43. The minimum absolute atomic E-state index is 0.0642. The van der Waals surface area contributed by atoms with Crippen LogP contribution in [0.1, 0.15) is 5.82 Å². The summed E-state index contributed by atoms with van der Waals surface area (Å²) in [6.07, 6.45) is 0. The summed E-state index contributed by atoms with van der Waals surface area (Å²) in [5.74, 6) is 0.742. The van der Waals surface area contributed by atoms with Crippen molar-refractivity contribution < 1.29 is 13.7 Å². The number of nitrogen functional groups attached to an aromatic ring is 1. The Morgan fingerprint density at radius 2 is 2.12 bits per heavy atom. The fourth-order valence-electron chi connectivity index (χ4n) is 0.787. The van der Waals surface area contributed by atoms with Gasteiger partial charge in [0, 0.05) is 0 Å². The predicted molar refractivity (Wildman–Crippen MR) is 62.1 cm³/mol. The van der Waals surface area contributed by atoms with Crippen LogP contribution in [0.2, 0.25) is 0 Å². The Morgan fingerprint density at radius 1 is 1.38 bits per heavy atom. The third kappa shape index (κ3) is 4.21. The van der Waals surface area contributed by atoms with E-state index in [1.165, 1.54) is 14.2 Å². The lowest BCUT2D eigenvalue weighted by atomic mass is 10.7. The Morgan fingerprint density at radius 3 is 2.75 bits per heavy atom. The quantitative estimate of drug-likeness (QED) is 0.799. The second-order valence-electron chi connectivity index (χ2n) is 2.39. The maximum Gasteiger partial charge on any atom is 0.321 e. The summed E-state index contributed by atoms with van der Waals surface area (Å²) in [6, 6.07) is 0.134. The minimum atomic E-state index is -0.180. The molecule has 1 aromatic heterocycles. The Balaban J connectivity index is 2.59. The molecule has 0 atom stereocenters. The van der Waals surface area contributed by atoms with Gasteiger partial charge >= 0.3 is 6.01 Å². The highest BCUT2D eigenvalue weighted by Gasteiger charge is 2.08. The average molecular weight is 262 g/mol. The molecule has 0 radical (unpaired) electrons. The molecule has 2 N–H and O–H groups in total. The number of nitrogens with two attached hydrogens (primary N) is 1. The van der Waals surface area contributed by atoms with Gasteiger partial charge in [0.1, 0.15) is 5.82 Å². The Bertz CT molecular complexity index is 377. The number of nitrogens with zero attached hydrogens (tertiary/aromatic N) is 3. The van der Waals surface area contributed by atoms with E-state index >= 15 is 0 Å². The van der Waals surface area contributed by atoms with Crippen molar-refractivity contribution in [2.75, 3.05) is 20.0 Å². The van der Waals surface area contributed by atoms with Gasteiger partial charge in [0.25, 0.3) is 4.45 Å². The minimum Gasteiger partial charge on any atom is -0.467 e. The first-order valence-corrected chi connectivity index (χ1v) is 5.80. The first kappa shape index (κ1) is 13.0. The smallest absolute Gasteiger partial charge is 0.321 e. The molecule has 7 nitrogen and oxygen atoms in total. The maximum atomic E-state index is 11.1. The molecule has 0 aliphatic heterocycles. The predicted octanol–water partition coefficient (Wildman–Crippen LogP) is 1.11. The number of carbonyl (C=O) groups is 1. The summed E-state index contributed by atoms with van der Waals surface area (Å²) in [5, 5.41) is 0. The summed E-state index contributed by atoms with van der Waals surface area (Å²) in [6.45, 7) is 0. The normalized spacial score (nSPS) is 10.1. The maximum absolute atomic E-state index is 11.1. The molecule has 0 bridgehead atoms. The number of carbonyl (C=O) groups excluding carboxylic acids is 1. The molecule has 0 saturated heterocycles. The van der Waals surface area contributed by atoms with Crippen LogP contribution < -0.4 is 10.5 Å². The van der Waals surface area contributed by atoms with E-state index in [4.69, 9.17) is 10.5 Å². The zero-order chi connectivity index (χ0) is 12.0. The number of hydrogen-bond donors (Lipinski definition) is 1. The van der Waals surface area contributed by atoms with Gasteiger partial charge in [-0.3, -0.25) is 4.79 Å². The summed E-state index contributed by atoms with van der Waals surface area (Å²) >= 11 is 1.77. The molecule has 88 valence electrons. The van der Waals surface area contributed by atoms with Crippen molar-refractivity contribution >= 4 is 34.2 Å². The molecule has 0 aromatic carbocycles. The zero-order valence-corrected chi connectivity index (χ0v) is 10.3. The largest absolute Gasteiger partial charge is 0.467 e. The van der Waals surface area contributed by atoms with Crippen molar-refractivity contribution in [1.82, 2.24) is 15.0 Å². The first-order valence-electron chi connectivity index (χ1n) is 4.07. The van der Waals surface area contributed by atoms with Crippen LogP contribution in [-0.4, -0.2) is 33.6 Å². The third-order valence-corrected chi connectivity index (χ3v) is 2.83. The molecule has 16 heavy (non-hydrogen) atoms. The number of ether oxygens (including phenoxy) is 1. The van der Waals surface area contributed by atoms with Gasteiger partial charge in [-0.2, -0.15) is 15.0 Å². The summed E-state index contributed by atoms with van der Waals surface area (Å²) in [7, 11) is 2.85. The molecule has 1 aromatic rings.